The van der Waals surface area contributed by atoms with E-state index in [-0.39, 0.29) is 11.8 Å². The van der Waals surface area contributed by atoms with E-state index >= 15 is 0 Å². The van der Waals surface area contributed by atoms with Gasteiger partial charge in [0.15, 0.2) is 0 Å². The minimum atomic E-state index is -1.58. The molecule has 1 fully saturated rings. The van der Waals surface area contributed by atoms with E-state index in [1.807, 2.05) is 29.2 Å². The number of benzene rings is 3. The molecule has 1 aromatic heterocycles. The number of amides is 1. The molecule has 5 rings (SSSR count). The zero-order chi connectivity index (χ0) is 28.2. The summed E-state index contributed by atoms with van der Waals surface area (Å²) in [5, 5.41) is 9.50. The molecule has 1 atom stereocenters. The van der Waals surface area contributed by atoms with Gasteiger partial charge in [0, 0.05) is 29.4 Å². The van der Waals surface area contributed by atoms with Crippen molar-refractivity contribution in [1.82, 2.24) is 9.27 Å². The number of nitrogens with zero attached hydrogens (tertiary/aromatic N) is 2. The van der Waals surface area contributed by atoms with Crippen LogP contribution in [0.2, 0.25) is 0 Å². The molecular formula is C32H34N2O5S. The fourth-order valence-corrected chi connectivity index (χ4v) is 6.18. The molecule has 1 aliphatic rings. The summed E-state index contributed by atoms with van der Waals surface area (Å²) < 4.78 is 27.8. The quantitative estimate of drug-likeness (QED) is 0.171. The van der Waals surface area contributed by atoms with E-state index in [9.17, 15) is 14.5 Å². The zero-order valence-corrected chi connectivity index (χ0v) is 23.9. The predicted octanol–water partition coefficient (Wildman–Crippen LogP) is 6.74. The average molecular weight is 559 g/mol. The van der Waals surface area contributed by atoms with E-state index < -0.39 is 10.9 Å². The van der Waals surface area contributed by atoms with Crippen molar-refractivity contribution in [3.63, 3.8) is 0 Å². The number of aromatic hydroxyl groups is 1. The van der Waals surface area contributed by atoms with Crippen LogP contribution in [0.3, 0.4) is 0 Å². The Kier molecular flexibility index (Phi) is 8.38. The van der Waals surface area contributed by atoms with Gasteiger partial charge in [0.1, 0.15) is 18.1 Å². The predicted molar refractivity (Wildman–Crippen MR) is 156 cm³/mol. The van der Waals surface area contributed by atoms with Crippen molar-refractivity contribution >= 4 is 16.9 Å². The molecule has 208 valence electrons. The SMILES string of the molecule is Cc1cc(OCCCN2CCCC2=O)cc(C)c1-c1cccc(COc2ccc(-c3cc(O)n[s+]3[O-])cc2)c1C. The van der Waals surface area contributed by atoms with Gasteiger partial charge in [-0.25, -0.2) is 0 Å². The monoisotopic (exact) mass is 558 g/mol. The highest BCUT2D eigenvalue weighted by Gasteiger charge is 2.19. The van der Waals surface area contributed by atoms with Gasteiger partial charge in [-0.15, -0.1) is 0 Å². The molecule has 2 heterocycles. The van der Waals surface area contributed by atoms with E-state index in [4.69, 9.17) is 9.47 Å². The summed E-state index contributed by atoms with van der Waals surface area (Å²) in [7, 11) is -1.58. The van der Waals surface area contributed by atoms with Crippen LogP contribution < -0.4 is 9.47 Å². The van der Waals surface area contributed by atoms with Crippen molar-refractivity contribution in [2.24, 2.45) is 0 Å². The lowest BCUT2D eigenvalue weighted by atomic mass is 9.90. The van der Waals surface area contributed by atoms with E-state index in [1.54, 1.807) is 0 Å². The number of ether oxygens (including phenoxy) is 2. The fraction of sp³-hybridized carbons (Fsp3) is 0.312. The van der Waals surface area contributed by atoms with Crippen molar-refractivity contribution in [2.45, 2.75) is 46.6 Å². The molecule has 40 heavy (non-hydrogen) atoms. The van der Waals surface area contributed by atoms with Crippen molar-refractivity contribution < 1.29 is 23.9 Å². The van der Waals surface area contributed by atoms with Crippen LogP contribution >= 0.6 is 10.9 Å². The van der Waals surface area contributed by atoms with E-state index in [0.29, 0.717) is 30.3 Å². The molecule has 1 aliphatic heterocycles. The van der Waals surface area contributed by atoms with Crippen LogP contribution in [0.1, 0.15) is 41.5 Å². The second-order valence-electron chi connectivity index (χ2n) is 10.2. The summed E-state index contributed by atoms with van der Waals surface area (Å²) in [6.07, 6.45) is 2.46. The first-order chi connectivity index (χ1) is 19.3. The molecule has 0 radical (unpaired) electrons. The third kappa shape index (κ3) is 6.13. The van der Waals surface area contributed by atoms with Crippen LogP contribution in [0, 0.1) is 20.8 Å². The third-order valence-electron chi connectivity index (χ3n) is 7.39. The summed E-state index contributed by atoms with van der Waals surface area (Å²) in [5.74, 6) is 1.59. The molecule has 1 saturated heterocycles. The Balaban J connectivity index is 1.24. The minimum absolute atomic E-state index is 0.219. The summed E-state index contributed by atoms with van der Waals surface area (Å²) in [4.78, 5) is 14.2. The highest BCUT2D eigenvalue weighted by atomic mass is 32.2. The normalized spacial score (nSPS) is 13.7. The van der Waals surface area contributed by atoms with Gasteiger partial charge in [0.25, 0.3) is 5.88 Å². The largest absolute Gasteiger partial charge is 0.568 e. The van der Waals surface area contributed by atoms with Gasteiger partial charge in [-0.3, -0.25) is 4.79 Å². The molecule has 3 aromatic carbocycles. The minimum Gasteiger partial charge on any atom is -0.568 e. The number of hydrogen-bond donors (Lipinski definition) is 1. The van der Waals surface area contributed by atoms with Crippen molar-refractivity contribution in [2.75, 3.05) is 19.7 Å². The lowest BCUT2D eigenvalue weighted by Gasteiger charge is -2.18. The van der Waals surface area contributed by atoms with Gasteiger partial charge in [-0.1, -0.05) is 18.2 Å². The van der Waals surface area contributed by atoms with E-state index in [2.05, 4.69) is 55.5 Å². The lowest BCUT2D eigenvalue weighted by Crippen LogP contribution is -2.26. The first-order valence-electron chi connectivity index (χ1n) is 13.6. The second kappa shape index (κ2) is 12.1. The van der Waals surface area contributed by atoms with E-state index in [1.165, 1.54) is 17.2 Å². The maximum absolute atomic E-state index is 12.0. The Morgan fingerprint density at radius 1 is 1.00 bits per heavy atom. The summed E-state index contributed by atoms with van der Waals surface area (Å²) >= 11 is 0. The molecule has 1 unspecified atom stereocenters. The van der Waals surface area contributed by atoms with Gasteiger partial charge >= 0.3 is 0 Å². The summed E-state index contributed by atoms with van der Waals surface area (Å²) in [6.45, 7) is 8.96. The van der Waals surface area contributed by atoms with E-state index in [0.717, 1.165) is 59.5 Å². The van der Waals surface area contributed by atoms with Gasteiger partial charge in [-0.2, -0.15) is 0 Å². The molecule has 4 aromatic rings. The van der Waals surface area contributed by atoms with Crippen molar-refractivity contribution in [3.05, 3.63) is 82.9 Å². The molecule has 1 amide bonds. The Bertz CT molecular complexity index is 1490. The number of likely N-dealkylation sites (tertiary alicyclic amines) is 1. The van der Waals surface area contributed by atoms with Crippen LogP contribution in [-0.4, -0.2) is 44.5 Å². The average Bonchev–Trinajstić information content (AvgIpc) is 3.50. The molecule has 0 spiro atoms. The molecule has 0 bridgehead atoms. The first-order valence-corrected chi connectivity index (χ1v) is 14.7. The fourth-order valence-electron chi connectivity index (χ4n) is 5.32. The number of hydrogen-bond acceptors (Lipinski definition) is 6. The second-order valence-corrected chi connectivity index (χ2v) is 11.3. The molecule has 0 saturated carbocycles. The Morgan fingerprint density at radius 2 is 1.75 bits per heavy atom. The highest BCUT2D eigenvalue weighted by Crippen LogP contribution is 2.36. The number of aromatic nitrogens is 1. The first kappa shape index (κ1) is 27.7. The summed E-state index contributed by atoms with van der Waals surface area (Å²) in [6, 6.07) is 19.2. The number of carbonyl (C=O) groups excluding carboxylic acids is 1. The third-order valence-corrected chi connectivity index (χ3v) is 8.47. The molecular weight excluding hydrogens is 524 g/mol. The van der Waals surface area contributed by atoms with Gasteiger partial charge in [0.05, 0.1) is 23.6 Å². The van der Waals surface area contributed by atoms with Crippen LogP contribution in [-0.2, 0) is 11.4 Å². The van der Waals surface area contributed by atoms with Crippen LogP contribution in [0.4, 0.5) is 0 Å². The van der Waals surface area contributed by atoms with Gasteiger partial charge in [-0.05, 0) is 103 Å². The topological polar surface area (TPSA) is 95.0 Å². The maximum atomic E-state index is 12.0. The summed E-state index contributed by atoms with van der Waals surface area (Å²) in [5.41, 5.74) is 7.65. The van der Waals surface area contributed by atoms with Gasteiger partial charge < -0.3 is 24.0 Å². The standard InChI is InChI=1S/C32H34N2O5S/c1-21-17-27(38-16-6-15-34-14-5-9-31(34)36)18-22(2)32(21)28-8-4-7-25(23(28)3)20-39-26-12-10-24(11-13-26)29-19-30(35)33-40(29)37/h4,7-8,10-13,17-19H,5-6,9,14-16,20H2,1-3H3,(H,33,35). The Hall–Kier alpha value is -3.88. The lowest BCUT2D eigenvalue weighted by molar-refractivity contribution is -0.127. The molecule has 1 N–H and O–H groups in total. The molecule has 0 aliphatic carbocycles. The van der Waals surface area contributed by atoms with Crippen LogP contribution in [0.15, 0.2) is 60.7 Å². The van der Waals surface area contributed by atoms with Crippen molar-refractivity contribution in [3.8, 4) is 38.9 Å². The maximum Gasteiger partial charge on any atom is 0.270 e. The van der Waals surface area contributed by atoms with Gasteiger partial charge in [0.2, 0.25) is 10.8 Å². The van der Waals surface area contributed by atoms with Crippen molar-refractivity contribution in [1.29, 1.82) is 0 Å². The highest BCUT2D eigenvalue weighted by molar-refractivity contribution is 7.23. The zero-order valence-electron chi connectivity index (χ0n) is 23.1. The molecule has 7 nitrogen and oxygen atoms in total. The number of aryl methyl sites for hydroxylation is 2. The Labute approximate surface area is 238 Å². The van der Waals surface area contributed by atoms with Crippen LogP contribution in [0.5, 0.6) is 17.4 Å². The smallest absolute Gasteiger partial charge is 0.270 e. The number of rotatable bonds is 10. The number of carbonyl (C=O) groups is 1. The Morgan fingerprint density at radius 3 is 2.40 bits per heavy atom. The van der Waals surface area contributed by atoms with Crippen LogP contribution in [0.25, 0.3) is 21.6 Å². The molecule has 8 heteroatoms.